The molecule has 5 nitrogen and oxygen atoms in total. The molecule has 0 aliphatic heterocycles. The molecule has 1 aromatic rings. The first-order valence-corrected chi connectivity index (χ1v) is 18.5. The van der Waals surface area contributed by atoms with Crippen molar-refractivity contribution in [3.63, 3.8) is 0 Å². The number of hydrogen-bond donors (Lipinski definition) is 2. The summed E-state index contributed by atoms with van der Waals surface area (Å²) in [7, 11) is 4.14. The summed E-state index contributed by atoms with van der Waals surface area (Å²) in [6, 6.07) is 3.81. The summed E-state index contributed by atoms with van der Waals surface area (Å²) in [4.78, 5) is 29.6. The lowest BCUT2D eigenvalue weighted by molar-refractivity contribution is -0.225. The van der Waals surface area contributed by atoms with Crippen molar-refractivity contribution in [3.8, 4) is 0 Å². The molecule has 4 saturated carbocycles. The van der Waals surface area contributed by atoms with Crippen LogP contribution in [0.2, 0.25) is 0 Å². The molecule has 1 heterocycles. The molecule has 5 aliphatic carbocycles. The van der Waals surface area contributed by atoms with E-state index in [1.807, 2.05) is 6.07 Å². The number of carboxylic acids is 1. The quantitative estimate of drug-likeness (QED) is 0.294. The number of nitrogens with zero attached hydrogens (tertiary/aromatic N) is 1. The van der Waals surface area contributed by atoms with Crippen molar-refractivity contribution in [2.45, 2.75) is 99.3 Å². The molecule has 1 amide bonds. The zero-order chi connectivity index (χ0) is 32.7. The normalized spacial score (nSPS) is 41.7. The van der Waals surface area contributed by atoms with Crippen molar-refractivity contribution in [1.82, 2.24) is 10.2 Å². The van der Waals surface area contributed by atoms with Gasteiger partial charge in [0.1, 0.15) is 4.88 Å². The van der Waals surface area contributed by atoms with Crippen molar-refractivity contribution in [2.75, 3.05) is 27.2 Å². The van der Waals surface area contributed by atoms with Gasteiger partial charge in [0.2, 0.25) is 5.91 Å². The Hall–Kier alpha value is -1.92. The fourth-order valence-corrected chi connectivity index (χ4v) is 13.8. The number of aromatic carboxylic acids is 1. The predicted molar refractivity (Wildman–Crippen MR) is 185 cm³/mol. The fraction of sp³-hybridized carbons (Fsp3) is 0.744. The number of nitrogens with one attached hydrogen (secondary N) is 1. The van der Waals surface area contributed by atoms with Crippen LogP contribution in [0.25, 0.3) is 5.57 Å². The van der Waals surface area contributed by atoms with Gasteiger partial charge in [-0.2, -0.15) is 0 Å². The van der Waals surface area contributed by atoms with Crippen LogP contribution in [0.1, 0.15) is 114 Å². The Morgan fingerprint density at radius 2 is 1.71 bits per heavy atom. The summed E-state index contributed by atoms with van der Waals surface area (Å²) in [5.41, 5.74) is 2.96. The highest BCUT2D eigenvalue weighted by molar-refractivity contribution is 7.15. The van der Waals surface area contributed by atoms with Crippen LogP contribution in [0.4, 0.5) is 0 Å². The molecule has 9 atom stereocenters. The van der Waals surface area contributed by atoms with Gasteiger partial charge in [0.25, 0.3) is 0 Å². The molecular formula is C39H58N2O3S. The maximum Gasteiger partial charge on any atom is 0.345 e. The number of carboxylic acid groups (broad SMARTS) is 1. The third-order valence-corrected chi connectivity index (χ3v) is 16.1. The van der Waals surface area contributed by atoms with E-state index < -0.39 is 5.97 Å². The summed E-state index contributed by atoms with van der Waals surface area (Å²) < 4.78 is 0. The van der Waals surface area contributed by atoms with Crippen molar-refractivity contribution in [2.24, 2.45) is 56.7 Å². The number of hydrogen-bond acceptors (Lipinski definition) is 4. The van der Waals surface area contributed by atoms with Gasteiger partial charge >= 0.3 is 5.97 Å². The number of amides is 1. The highest BCUT2D eigenvalue weighted by Gasteiger charge is 2.71. The second kappa shape index (κ2) is 11.1. The third-order valence-electron chi connectivity index (χ3n) is 15.0. The van der Waals surface area contributed by atoms with E-state index >= 15 is 0 Å². The molecule has 4 fully saturated rings. The van der Waals surface area contributed by atoms with Crippen LogP contribution in [0.5, 0.6) is 0 Å². The number of fused-ring (bicyclic) bond motifs is 7. The van der Waals surface area contributed by atoms with E-state index in [9.17, 15) is 14.7 Å². The molecule has 1 aromatic heterocycles. The lowest BCUT2D eigenvalue weighted by atomic mass is 9.32. The van der Waals surface area contributed by atoms with Gasteiger partial charge in [-0.3, -0.25) is 4.79 Å². The molecule has 0 saturated heterocycles. The molecule has 0 spiro atoms. The van der Waals surface area contributed by atoms with Gasteiger partial charge in [0.05, 0.1) is 5.41 Å². The molecule has 0 radical (unpaired) electrons. The van der Waals surface area contributed by atoms with E-state index in [0.717, 1.165) is 43.5 Å². The molecular weight excluding hydrogens is 577 g/mol. The van der Waals surface area contributed by atoms with E-state index in [2.05, 4.69) is 78.5 Å². The molecule has 248 valence electrons. The maximum atomic E-state index is 14.2. The Morgan fingerprint density at radius 3 is 2.36 bits per heavy atom. The average molecular weight is 635 g/mol. The zero-order valence-corrected chi connectivity index (χ0v) is 30.0. The van der Waals surface area contributed by atoms with E-state index in [1.165, 1.54) is 48.2 Å². The SMILES string of the molecule is C=C(C)[C@@H]1CC[C@]2(C(=O)NCCN(C)C)CC[C@]3(C)[C@H](CC[C@@H]4[C@@]5(C)CC=C(c6ccc(C(=O)O)s6)C(C)(C)[C@@H]5CC[C@]43C)[C@@H]12. The number of thiophene rings is 1. The van der Waals surface area contributed by atoms with Crippen LogP contribution < -0.4 is 5.32 Å². The summed E-state index contributed by atoms with van der Waals surface area (Å²) in [6.45, 7) is 21.1. The van der Waals surface area contributed by atoms with Crippen molar-refractivity contribution < 1.29 is 14.7 Å². The van der Waals surface area contributed by atoms with E-state index in [-0.39, 0.29) is 27.1 Å². The Kier molecular flexibility index (Phi) is 8.12. The Bertz CT molecular complexity index is 1410. The second-order valence-corrected chi connectivity index (χ2v) is 18.5. The second-order valence-electron chi connectivity index (χ2n) is 17.4. The first-order chi connectivity index (χ1) is 21.0. The Morgan fingerprint density at radius 1 is 0.978 bits per heavy atom. The van der Waals surface area contributed by atoms with Crippen LogP contribution in [0.3, 0.4) is 0 Å². The number of allylic oxidation sites excluding steroid dienone is 3. The number of carbonyl (C=O) groups is 2. The molecule has 6 heteroatoms. The van der Waals surface area contributed by atoms with Crippen LogP contribution >= 0.6 is 11.3 Å². The first kappa shape index (κ1) is 33.0. The predicted octanol–water partition coefficient (Wildman–Crippen LogP) is 8.78. The zero-order valence-electron chi connectivity index (χ0n) is 29.2. The van der Waals surface area contributed by atoms with Crippen LogP contribution in [-0.4, -0.2) is 49.1 Å². The van der Waals surface area contributed by atoms with Gasteiger partial charge in [-0.25, -0.2) is 4.79 Å². The third kappa shape index (κ3) is 4.69. The van der Waals surface area contributed by atoms with E-state index in [0.29, 0.717) is 46.9 Å². The first-order valence-electron chi connectivity index (χ1n) is 17.7. The maximum absolute atomic E-state index is 14.2. The summed E-state index contributed by atoms with van der Waals surface area (Å²) in [6.07, 6.45) is 12.7. The van der Waals surface area contributed by atoms with Crippen LogP contribution in [-0.2, 0) is 4.79 Å². The van der Waals surface area contributed by atoms with E-state index in [4.69, 9.17) is 0 Å². The number of rotatable bonds is 7. The minimum Gasteiger partial charge on any atom is -0.477 e. The van der Waals surface area contributed by atoms with Gasteiger partial charge in [-0.05, 0) is 148 Å². The highest BCUT2D eigenvalue weighted by atomic mass is 32.1. The minimum atomic E-state index is -0.831. The van der Waals surface area contributed by atoms with Gasteiger partial charge in [-0.15, -0.1) is 11.3 Å². The topological polar surface area (TPSA) is 69.6 Å². The molecule has 0 aromatic carbocycles. The van der Waals surface area contributed by atoms with Crippen LogP contribution in [0, 0.1) is 56.7 Å². The number of likely N-dealkylation sites (N-methyl/N-ethyl adjacent to an activating group) is 1. The lowest BCUT2D eigenvalue weighted by Crippen LogP contribution is -2.66. The molecule has 0 bridgehead atoms. The van der Waals surface area contributed by atoms with Crippen molar-refractivity contribution in [1.29, 1.82) is 0 Å². The van der Waals surface area contributed by atoms with Gasteiger partial charge in [0.15, 0.2) is 0 Å². The van der Waals surface area contributed by atoms with Gasteiger partial charge in [-0.1, -0.05) is 52.8 Å². The standard InChI is InChI=1S/C39H58N2O3S/c1-24(2)25-14-19-39(34(44)40-22-23-41(8)9)21-20-37(6)27(32(25)39)10-13-31-36(5)17-15-26(28-11-12-29(45-28)33(42)43)35(3,4)30(36)16-18-38(31,37)7/h11-12,15,25,27,30-32H,1,10,13-14,16-23H2,2-9H3,(H,40,44)(H,42,43)/t25-,27+,30-,31+,32+,36-,37+,38+,39-/m0/s1. The van der Waals surface area contributed by atoms with Gasteiger partial charge in [0, 0.05) is 18.0 Å². The summed E-state index contributed by atoms with van der Waals surface area (Å²) in [5, 5.41) is 13.0. The molecule has 6 rings (SSSR count). The molecule has 5 aliphatic rings. The molecule has 0 unspecified atom stereocenters. The minimum absolute atomic E-state index is 0.0183. The monoisotopic (exact) mass is 634 g/mol. The molecule has 45 heavy (non-hydrogen) atoms. The summed E-state index contributed by atoms with van der Waals surface area (Å²) in [5.74, 6) is 2.02. The fourth-order valence-electron chi connectivity index (χ4n) is 12.7. The lowest BCUT2D eigenvalue weighted by Gasteiger charge is -2.72. The molecule has 2 N–H and O–H groups in total. The van der Waals surface area contributed by atoms with E-state index in [1.54, 1.807) is 6.07 Å². The summed E-state index contributed by atoms with van der Waals surface area (Å²) >= 11 is 1.43. The van der Waals surface area contributed by atoms with Crippen LogP contribution in [0.15, 0.2) is 30.4 Å². The number of carbonyl (C=O) groups excluding carboxylic acids is 1. The average Bonchev–Trinajstić information content (AvgIpc) is 3.59. The Balaban J connectivity index is 1.33. The highest BCUT2D eigenvalue weighted by Crippen LogP contribution is 2.77. The van der Waals surface area contributed by atoms with Gasteiger partial charge < -0.3 is 15.3 Å². The van der Waals surface area contributed by atoms with Crippen molar-refractivity contribution in [3.05, 3.63) is 40.1 Å². The smallest absolute Gasteiger partial charge is 0.345 e. The van der Waals surface area contributed by atoms with Crippen molar-refractivity contribution >= 4 is 28.8 Å². The Labute approximate surface area is 276 Å². The largest absolute Gasteiger partial charge is 0.477 e.